The van der Waals surface area contributed by atoms with Gasteiger partial charge in [-0.15, -0.1) is 0 Å². The highest BCUT2D eigenvalue weighted by molar-refractivity contribution is 7.99. The van der Waals surface area contributed by atoms with Gasteiger partial charge >= 0.3 is 0 Å². The summed E-state index contributed by atoms with van der Waals surface area (Å²) in [5, 5.41) is 0.926. The third-order valence-electron chi connectivity index (χ3n) is 6.62. The maximum absolute atomic E-state index is 12.8. The van der Waals surface area contributed by atoms with Gasteiger partial charge in [0.1, 0.15) is 11.0 Å². The Hall–Kier alpha value is -1.91. The van der Waals surface area contributed by atoms with Gasteiger partial charge in [-0.25, -0.2) is 9.97 Å². The lowest BCUT2D eigenvalue weighted by Gasteiger charge is -2.38. The summed E-state index contributed by atoms with van der Waals surface area (Å²) in [6.45, 7) is 7.06. The highest BCUT2D eigenvalue weighted by Gasteiger charge is 2.40. The molecule has 3 fully saturated rings. The van der Waals surface area contributed by atoms with E-state index in [9.17, 15) is 4.79 Å². The Morgan fingerprint density at radius 2 is 1.71 bits per heavy atom. The van der Waals surface area contributed by atoms with Gasteiger partial charge in [-0.3, -0.25) is 9.69 Å². The van der Waals surface area contributed by atoms with E-state index in [0.717, 1.165) is 64.5 Å². The molecule has 182 valence electrons. The summed E-state index contributed by atoms with van der Waals surface area (Å²) in [4.78, 5) is 28.3. The maximum atomic E-state index is 12.8. The van der Waals surface area contributed by atoms with Gasteiger partial charge in [-0.05, 0) is 5.56 Å². The monoisotopic (exact) mass is 503 g/mol. The molecule has 0 radical (unpaired) electrons. The van der Waals surface area contributed by atoms with Crippen LogP contribution in [0.2, 0.25) is 5.15 Å². The van der Waals surface area contributed by atoms with Crippen LogP contribution in [-0.2, 0) is 20.8 Å². The highest BCUT2D eigenvalue weighted by atomic mass is 35.5. The molecule has 34 heavy (non-hydrogen) atoms. The largest absolute Gasteiger partial charge is 0.356 e. The Balaban J connectivity index is 1.11. The van der Waals surface area contributed by atoms with Crippen LogP contribution in [0.25, 0.3) is 0 Å². The summed E-state index contributed by atoms with van der Waals surface area (Å²) in [5.74, 6) is 0.786. The average molecular weight is 504 g/mol. The quantitative estimate of drug-likeness (QED) is 0.338. The molecule has 3 aliphatic rings. The van der Waals surface area contributed by atoms with Crippen molar-refractivity contribution < 1.29 is 14.3 Å². The summed E-state index contributed by atoms with van der Waals surface area (Å²) in [5.41, 5.74) is 1.30. The summed E-state index contributed by atoms with van der Waals surface area (Å²) in [6, 6.07) is 12.2. The number of halogens is 1. The molecule has 0 atom stereocenters. The van der Waals surface area contributed by atoms with Crippen LogP contribution in [0.5, 0.6) is 0 Å². The van der Waals surface area contributed by atoms with Crippen molar-refractivity contribution in [3.63, 3.8) is 0 Å². The van der Waals surface area contributed by atoms with Gasteiger partial charge in [-0.1, -0.05) is 53.7 Å². The minimum atomic E-state index is -0.428. The first-order chi connectivity index (χ1) is 16.6. The minimum absolute atomic E-state index is 0.116. The van der Waals surface area contributed by atoms with E-state index in [4.69, 9.17) is 21.1 Å². The van der Waals surface area contributed by atoms with E-state index in [2.05, 4.69) is 44.0 Å². The summed E-state index contributed by atoms with van der Waals surface area (Å²) >= 11 is 7.64. The third-order valence-corrected chi connectivity index (χ3v) is 7.65. The zero-order chi connectivity index (χ0) is 23.4. The molecule has 1 amide bonds. The maximum Gasteiger partial charge on any atom is 0.233 e. The van der Waals surface area contributed by atoms with Crippen LogP contribution in [0.1, 0.15) is 18.4 Å². The number of hydrogen-bond acceptors (Lipinski definition) is 8. The van der Waals surface area contributed by atoms with Gasteiger partial charge in [-0.2, -0.15) is 0 Å². The van der Waals surface area contributed by atoms with Gasteiger partial charge in [0.25, 0.3) is 0 Å². The van der Waals surface area contributed by atoms with Crippen LogP contribution in [0.4, 0.5) is 5.82 Å². The predicted octanol–water partition coefficient (Wildman–Crippen LogP) is 2.91. The molecule has 0 bridgehead atoms. The van der Waals surface area contributed by atoms with Crippen molar-refractivity contribution in [1.29, 1.82) is 0 Å². The van der Waals surface area contributed by atoms with Gasteiger partial charge in [0.2, 0.25) is 5.91 Å². The van der Waals surface area contributed by atoms with E-state index < -0.39 is 5.79 Å². The van der Waals surface area contributed by atoms with E-state index in [1.165, 1.54) is 17.3 Å². The van der Waals surface area contributed by atoms with Crippen LogP contribution < -0.4 is 4.90 Å². The Labute approximate surface area is 209 Å². The number of amides is 1. The van der Waals surface area contributed by atoms with Crippen molar-refractivity contribution in [2.24, 2.45) is 0 Å². The van der Waals surface area contributed by atoms with Gasteiger partial charge in [0.15, 0.2) is 10.9 Å². The second-order valence-corrected chi connectivity index (χ2v) is 10.2. The van der Waals surface area contributed by atoms with E-state index in [1.807, 2.05) is 11.0 Å². The third kappa shape index (κ3) is 5.83. The lowest BCUT2D eigenvalue weighted by atomic mass is 10.0. The van der Waals surface area contributed by atoms with Gasteiger partial charge in [0.05, 0.1) is 19.0 Å². The molecule has 1 spiro atoms. The van der Waals surface area contributed by atoms with E-state index in [-0.39, 0.29) is 5.91 Å². The summed E-state index contributed by atoms with van der Waals surface area (Å²) < 4.78 is 11.6. The standard InChI is InChI=1S/C24H30ClN5O3S/c25-20-16-21(29-8-6-24(7-9-29)32-14-15-33-24)27-23(26-20)34-18-22(31)30-12-10-28(11-13-30)17-19-4-2-1-3-5-19/h1-5,16H,6-15,17-18H2. The second-order valence-electron chi connectivity index (χ2n) is 8.86. The molecule has 4 heterocycles. The minimum Gasteiger partial charge on any atom is -0.356 e. The number of thioether (sulfide) groups is 1. The molecule has 1 aromatic heterocycles. The number of anilines is 1. The molecule has 0 saturated carbocycles. The Bertz CT molecular complexity index is 974. The molecule has 1 aromatic carbocycles. The number of carbonyl (C=O) groups is 1. The van der Waals surface area contributed by atoms with Crippen molar-refractivity contribution in [2.75, 3.05) is 63.1 Å². The molecule has 8 nitrogen and oxygen atoms in total. The molecule has 3 saturated heterocycles. The molecule has 0 N–H and O–H groups in total. The lowest BCUT2D eigenvalue weighted by molar-refractivity contribution is -0.169. The first-order valence-corrected chi connectivity index (χ1v) is 13.2. The van der Waals surface area contributed by atoms with Crippen LogP contribution in [0, 0.1) is 0 Å². The van der Waals surface area contributed by atoms with Crippen LogP contribution in [-0.4, -0.2) is 89.7 Å². The number of rotatable bonds is 6. The molecular formula is C24H30ClN5O3S. The molecule has 5 rings (SSSR count). The highest BCUT2D eigenvalue weighted by Crippen LogP contribution is 2.33. The normalized spacial score (nSPS) is 20.7. The fourth-order valence-corrected chi connectivity index (χ4v) is 5.67. The zero-order valence-corrected chi connectivity index (χ0v) is 20.8. The number of ether oxygens (including phenoxy) is 2. The summed E-state index contributed by atoms with van der Waals surface area (Å²) in [7, 11) is 0. The van der Waals surface area contributed by atoms with Crippen LogP contribution in [0.3, 0.4) is 0 Å². The number of hydrogen-bond donors (Lipinski definition) is 0. The number of piperidine rings is 1. The first-order valence-electron chi connectivity index (χ1n) is 11.8. The number of nitrogens with zero attached hydrogens (tertiary/aromatic N) is 5. The van der Waals surface area contributed by atoms with Gasteiger partial charge < -0.3 is 19.3 Å². The molecule has 0 aliphatic carbocycles. The molecule has 10 heteroatoms. The Kier molecular flexibility index (Phi) is 7.55. The van der Waals surface area contributed by atoms with Crippen LogP contribution in [0.15, 0.2) is 41.6 Å². The number of aromatic nitrogens is 2. The second kappa shape index (κ2) is 10.8. The number of piperazine rings is 1. The van der Waals surface area contributed by atoms with Crippen molar-refractivity contribution in [2.45, 2.75) is 30.3 Å². The SMILES string of the molecule is O=C(CSc1nc(Cl)cc(N2CCC3(CC2)OCCO3)n1)N1CCN(Cc2ccccc2)CC1. The first kappa shape index (κ1) is 23.8. The van der Waals surface area contributed by atoms with Crippen LogP contribution >= 0.6 is 23.4 Å². The van der Waals surface area contributed by atoms with Gasteiger partial charge in [0, 0.05) is 64.7 Å². The molecular weight excluding hydrogens is 474 g/mol. The summed E-state index contributed by atoms with van der Waals surface area (Å²) in [6.07, 6.45) is 1.59. The number of benzene rings is 1. The van der Waals surface area contributed by atoms with E-state index in [0.29, 0.717) is 29.3 Å². The number of carbonyl (C=O) groups excluding carboxylic acids is 1. The smallest absolute Gasteiger partial charge is 0.233 e. The Morgan fingerprint density at radius 3 is 2.41 bits per heavy atom. The van der Waals surface area contributed by atoms with Crippen molar-refractivity contribution >= 4 is 35.1 Å². The Morgan fingerprint density at radius 1 is 1.00 bits per heavy atom. The topological polar surface area (TPSA) is 71.0 Å². The fraction of sp³-hybridized carbons (Fsp3) is 0.542. The van der Waals surface area contributed by atoms with Crippen molar-refractivity contribution in [3.8, 4) is 0 Å². The molecule has 3 aliphatic heterocycles. The van der Waals surface area contributed by atoms with Crippen molar-refractivity contribution in [1.82, 2.24) is 19.8 Å². The lowest BCUT2D eigenvalue weighted by Crippen LogP contribution is -2.48. The van der Waals surface area contributed by atoms with E-state index in [1.54, 1.807) is 6.07 Å². The van der Waals surface area contributed by atoms with Crippen molar-refractivity contribution in [3.05, 3.63) is 47.1 Å². The fourth-order valence-electron chi connectivity index (χ4n) is 4.69. The predicted molar refractivity (Wildman–Crippen MR) is 132 cm³/mol. The molecule has 2 aromatic rings. The molecule has 0 unspecified atom stereocenters. The zero-order valence-electron chi connectivity index (χ0n) is 19.2. The van der Waals surface area contributed by atoms with E-state index >= 15 is 0 Å². The average Bonchev–Trinajstić information content (AvgIpc) is 3.31.